The molecule has 1 saturated heterocycles. The minimum Gasteiger partial charge on any atom is -0.368 e. The first kappa shape index (κ1) is 14.3. The van der Waals surface area contributed by atoms with Gasteiger partial charge in [-0.15, -0.1) is 0 Å². The number of hydrogen-bond acceptors (Lipinski definition) is 3. The van der Waals surface area contributed by atoms with Gasteiger partial charge in [-0.1, -0.05) is 17.7 Å². The van der Waals surface area contributed by atoms with Crippen LogP contribution in [0.3, 0.4) is 0 Å². The first-order valence-corrected chi connectivity index (χ1v) is 6.97. The van der Waals surface area contributed by atoms with Crippen LogP contribution in [0.1, 0.15) is 23.6 Å². The number of aryl methyl sites for hydroxylation is 1. The van der Waals surface area contributed by atoms with Gasteiger partial charge in [-0.3, -0.25) is 9.69 Å². The summed E-state index contributed by atoms with van der Waals surface area (Å²) in [5.74, 6) is -0.299. The lowest BCUT2D eigenvalue weighted by atomic mass is 9.99. The zero-order valence-corrected chi connectivity index (χ0v) is 11.9. The number of rotatable bonds is 3. The molecule has 0 radical (unpaired) electrons. The standard InChI is InChI=1S/C14H20ClN3O/c1-10-9-11(15)3-4-12(10)13(14(16)19)18-7-2-5-17-6-8-18/h3-4,9,13,17H,2,5-8H2,1H3,(H2,16,19). The maximum atomic E-state index is 11.9. The van der Waals surface area contributed by atoms with Gasteiger partial charge in [0.1, 0.15) is 6.04 Å². The Morgan fingerprint density at radius 1 is 1.42 bits per heavy atom. The van der Waals surface area contributed by atoms with Crippen molar-refractivity contribution in [3.8, 4) is 0 Å². The van der Waals surface area contributed by atoms with Gasteiger partial charge < -0.3 is 11.1 Å². The molecule has 2 rings (SSSR count). The minimum atomic E-state index is -0.364. The predicted molar refractivity (Wildman–Crippen MR) is 77.2 cm³/mol. The molecular formula is C14H20ClN3O. The Hall–Kier alpha value is -1.10. The van der Waals surface area contributed by atoms with Gasteiger partial charge in [0, 0.05) is 24.7 Å². The lowest BCUT2D eigenvalue weighted by molar-refractivity contribution is -0.123. The number of nitrogens with zero attached hydrogens (tertiary/aromatic N) is 1. The van der Waals surface area contributed by atoms with E-state index in [-0.39, 0.29) is 11.9 Å². The van der Waals surface area contributed by atoms with Gasteiger partial charge in [-0.05, 0) is 43.1 Å². The van der Waals surface area contributed by atoms with Crippen molar-refractivity contribution in [1.29, 1.82) is 0 Å². The summed E-state index contributed by atoms with van der Waals surface area (Å²) < 4.78 is 0. The third-order valence-corrected chi connectivity index (χ3v) is 3.77. The second-order valence-corrected chi connectivity index (χ2v) is 5.38. The fourth-order valence-electron chi connectivity index (χ4n) is 2.60. The molecule has 0 aromatic heterocycles. The summed E-state index contributed by atoms with van der Waals surface area (Å²) in [4.78, 5) is 14.0. The van der Waals surface area contributed by atoms with Crippen LogP contribution in [-0.2, 0) is 4.79 Å². The molecule has 0 spiro atoms. The van der Waals surface area contributed by atoms with Crippen molar-refractivity contribution in [2.24, 2.45) is 5.73 Å². The van der Waals surface area contributed by atoms with Crippen LogP contribution in [0.15, 0.2) is 18.2 Å². The van der Waals surface area contributed by atoms with Crippen molar-refractivity contribution in [2.75, 3.05) is 26.2 Å². The molecule has 1 aromatic rings. The van der Waals surface area contributed by atoms with Gasteiger partial charge in [-0.2, -0.15) is 0 Å². The molecule has 1 aromatic carbocycles. The van der Waals surface area contributed by atoms with Crippen LogP contribution in [0, 0.1) is 6.92 Å². The Labute approximate surface area is 118 Å². The molecule has 1 aliphatic rings. The molecule has 3 N–H and O–H groups in total. The average molecular weight is 282 g/mol. The van der Waals surface area contributed by atoms with Crippen LogP contribution < -0.4 is 11.1 Å². The first-order chi connectivity index (χ1) is 9.09. The molecule has 19 heavy (non-hydrogen) atoms. The number of nitrogens with two attached hydrogens (primary N) is 1. The zero-order valence-electron chi connectivity index (χ0n) is 11.2. The van der Waals surface area contributed by atoms with E-state index in [0.717, 1.165) is 43.7 Å². The number of hydrogen-bond donors (Lipinski definition) is 2. The van der Waals surface area contributed by atoms with Crippen LogP contribution in [0.25, 0.3) is 0 Å². The number of nitrogens with one attached hydrogen (secondary N) is 1. The van der Waals surface area contributed by atoms with Gasteiger partial charge in [0.05, 0.1) is 0 Å². The van der Waals surface area contributed by atoms with Crippen molar-refractivity contribution >= 4 is 17.5 Å². The van der Waals surface area contributed by atoms with Crippen molar-refractivity contribution < 1.29 is 4.79 Å². The fourth-order valence-corrected chi connectivity index (χ4v) is 2.83. The minimum absolute atomic E-state index is 0.299. The van der Waals surface area contributed by atoms with E-state index in [1.54, 1.807) is 0 Å². The number of amides is 1. The van der Waals surface area contributed by atoms with E-state index in [2.05, 4.69) is 10.2 Å². The van der Waals surface area contributed by atoms with E-state index in [9.17, 15) is 4.79 Å². The quantitative estimate of drug-likeness (QED) is 0.882. The summed E-state index contributed by atoms with van der Waals surface area (Å²) in [5, 5.41) is 4.01. The second-order valence-electron chi connectivity index (χ2n) is 4.95. The van der Waals surface area contributed by atoms with Gasteiger partial charge in [0.25, 0.3) is 0 Å². The van der Waals surface area contributed by atoms with Crippen molar-refractivity contribution in [3.05, 3.63) is 34.3 Å². The third kappa shape index (κ3) is 3.47. The van der Waals surface area contributed by atoms with Gasteiger partial charge >= 0.3 is 0 Å². The number of carbonyl (C=O) groups excluding carboxylic acids is 1. The molecule has 1 atom stereocenters. The van der Waals surface area contributed by atoms with E-state index in [0.29, 0.717) is 5.02 Å². The van der Waals surface area contributed by atoms with Gasteiger partial charge in [-0.25, -0.2) is 0 Å². The Morgan fingerprint density at radius 3 is 2.89 bits per heavy atom. The third-order valence-electron chi connectivity index (χ3n) is 3.54. The van der Waals surface area contributed by atoms with Gasteiger partial charge in [0.2, 0.25) is 5.91 Å². The average Bonchev–Trinajstić information content (AvgIpc) is 2.61. The van der Waals surface area contributed by atoms with Crippen LogP contribution in [0.5, 0.6) is 0 Å². The number of halogens is 1. The summed E-state index contributed by atoms with van der Waals surface area (Å²) in [6.45, 7) is 5.55. The summed E-state index contributed by atoms with van der Waals surface area (Å²) in [6, 6.07) is 5.24. The van der Waals surface area contributed by atoms with E-state index in [1.807, 2.05) is 25.1 Å². The summed E-state index contributed by atoms with van der Waals surface area (Å²) >= 11 is 5.97. The predicted octanol–water partition coefficient (Wildman–Crippen LogP) is 1.47. The smallest absolute Gasteiger partial charge is 0.239 e. The zero-order chi connectivity index (χ0) is 13.8. The van der Waals surface area contributed by atoms with Crippen molar-refractivity contribution in [2.45, 2.75) is 19.4 Å². The monoisotopic (exact) mass is 281 g/mol. The second kappa shape index (κ2) is 6.37. The topological polar surface area (TPSA) is 58.4 Å². The lowest BCUT2D eigenvalue weighted by Gasteiger charge is -2.29. The van der Waals surface area contributed by atoms with E-state index in [1.165, 1.54) is 0 Å². The maximum Gasteiger partial charge on any atom is 0.239 e. The van der Waals surface area contributed by atoms with Crippen molar-refractivity contribution in [3.63, 3.8) is 0 Å². The highest BCUT2D eigenvalue weighted by molar-refractivity contribution is 6.30. The van der Waals surface area contributed by atoms with Crippen LogP contribution in [0.2, 0.25) is 5.02 Å². The molecule has 1 amide bonds. The van der Waals surface area contributed by atoms with E-state index in [4.69, 9.17) is 17.3 Å². The SMILES string of the molecule is Cc1cc(Cl)ccc1C(C(N)=O)N1CCCNCC1. The Kier molecular flexibility index (Phi) is 4.80. The van der Waals surface area contributed by atoms with Crippen LogP contribution >= 0.6 is 11.6 Å². The highest BCUT2D eigenvalue weighted by Crippen LogP contribution is 2.26. The molecule has 1 aliphatic heterocycles. The number of benzene rings is 1. The van der Waals surface area contributed by atoms with Crippen molar-refractivity contribution in [1.82, 2.24) is 10.2 Å². The summed E-state index contributed by atoms with van der Waals surface area (Å²) in [5.41, 5.74) is 7.59. The molecule has 4 nitrogen and oxygen atoms in total. The Bertz CT molecular complexity index is 456. The van der Waals surface area contributed by atoms with E-state index < -0.39 is 0 Å². The summed E-state index contributed by atoms with van der Waals surface area (Å²) in [7, 11) is 0. The largest absolute Gasteiger partial charge is 0.368 e. The molecule has 1 heterocycles. The van der Waals surface area contributed by atoms with E-state index >= 15 is 0 Å². The number of carbonyl (C=O) groups is 1. The molecule has 0 saturated carbocycles. The molecule has 104 valence electrons. The van der Waals surface area contributed by atoms with Crippen LogP contribution in [-0.4, -0.2) is 37.0 Å². The first-order valence-electron chi connectivity index (χ1n) is 6.59. The molecule has 0 aliphatic carbocycles. The Morgan fingerprint density at radius 2 is 2.21 bits per heavy atom. The molecule has 1 fully saturated rings. The fraction of sp³-hybridized carbons (Fsp3) is 0.500. The Balaban J connectivity index is 2.30. The number of primary amides is 1. The van der Waals surface area contributed by atoms with Crippen LogP contribution in [0.4, 0.5) is 0 Å². The van der Waals surface area contributed by atoms with Gasteiger partial charge in [0.15, 0.2) is 0 Å². The molecular weight excluding hydrogens is 262 g/mol. The molecule has 0 bridgehead atoms. The maximum absolute atomic E-state index is 11.9. The molecule has 1 unspecified atom stereocenters. The highest BCUT2D eigenvalue weighted by atomic mass is 35.5. The molecule has 5 heteroatoms. The highest BCUT2D eigenvalue weighted by Gasteiger charge is 2.27. The summed E-state index contributed by atoms with van der Waals surface area (Å²) in [6.07, 6.45) is 1.02. The lowest BCUT2D eigenvalue weighted by Crippen LogP contribution is -2.40. The normalized spacial score (nSPS) is 18.8.